The molecular weight excluding hydrogens is 386 g/mol. The molecule has 0 atom stereocenters. The quantitative estimate of drug-likeness (QED) is 0.600. The van der Waals surface area contributed by atoms with Crippen molar-refractivity contribution in [2.75, 3.05) is 0 Å². The van der Waals surface area contributed by atoms with Crippen molar-refractivity contribution >= 4 is 34.2 Å². The molecule has 2 aromatic heterocycles. The molecule has 0 fully saturated rings. The molecule has 0 aliphatic heterocycles. The fourth-order valence-electron chi connectivity index (χ4n) is 1.71. The van der Waals surface area contributed by atoms with E-state index >= 15 is 0 Å². The third-order valence-electron chi connectivity index (χ3n) is 2.50. The molecule has 0 aliphatic carbocycles. The van der Waals surface area contributed by atoms with E-state index in [9.17, 15) is 0 Å². The summed E-state index contributed by atoms with van der Waals surface area (Å²) in [4.78, 5) is 12.6. The van der Waals surface area contributed by atoms with Gasteiger partial charge in [-0.25, -0.2) is 4.98 Å². The van der Waals surface area contributed by atoms with Crippen LogP contribution in [0.15, 0.2) is 30.5 Å². The van der Waals surface area contributed by atoms with Crippen LogP contribution >= 0.6 is 23.2 Å². The zero-order valence-electron chi connectivity index (χ0n) is 11.5. The number of pyridine rings is 1. The van der Waals surface area contributed by atoms with Crippen molar-refractivity contribution in [3.05, 3.63) is 53.8 Å². The summed E-state index contributed by atoms with van der Waals surface area (Å²) in [6.07, 6.45) is 1.48. The second-order valence-corrected chi connectivity index (χ2v) is 4.81. The first-order valence-corrected chi connectivity index (χ1v) is 6.27. The van der Waals surface area contributed by atoms with E-state index in [0.717, 1.165) is 16.9 Å². The average Bonchev–Trinajstić information content (AvgIpc) is 2.72. The number of benzene rings is 1. The van der Waals surface area contributed by atoms with E-state index in [0.29, 0.717) is 21.7 Å². The van der Waals surface area contributed by atoms with Crippen LogP contribution in [0.2, 0.25) is 10.0 Å². The van der Waals surface area contributed by atoms with E-state index in [4.69, 9.17) is 27.9 Å². The summed E-state index contributed by atoms with van der Waals surface area (Å²) in [5.74, 6) is 1.64. The Kier molecular flexibility index (Phi) is 6.60. The van der Waals surface area contributed by atoms with E-state index in [1.165, 1.54) is 6.20 Å². The first kappa shape index (κ1) is 18.4. The summed E-state index contributed by atoms with van der Waals surface area (Å²) >= 11 is 11.8. The molecule has 4 nitrogen and oxygen atoms in total. The van der Waals surface area contributed by atoms with Crippen molar-refractivity contribution in [2.45, 2.75) is 6.92 Å². The Balaban J connectivity index is 0.00000110. The molecule has 7 heteroatoms. The summed E-state index contributed by atoms with van der Waals surface area (Å²) in [7, 11) is 0. The summed E-state index contributed by atoms with van der Waals surface area (Å²) in [5.41, 5.74) is 1.61. The van der Waals surface area contributed by atoms with Gasteiger partial charge in [-0.15, -0.1) is 0 Å². The molecule has 0 saturated heterocycles. The van der Waals surface area contributed by atoms with Crippen LogP contribution in [0.1, 0.15) is 5.82 Å². The van der Waals surface area contributed by atoms with Crippen LogP contribution in [0, 0.1) is 14.4 Å². The Hall–Kier alpha value is -0.676. The standard InChI is InChI=1S/C13H8Cl2N3O.CH3.Y/c1-7-17-11-3-2-9(5-12(11)18-7)19-13-10(15)4-8(14)6-16-13;;/h2-6H,1H3;1H3;/q2*-1;. The van der Waals surface area contributed by atoms with Crippen molar-refractivity contribution in [2.24, 2.45) is 0 Å². The molecule has 0 unspecified atom stereocenters. The van der Waals surface area contributed by atoms with Gasteiger partial charge in [-0.3, -0.25) is 0 Å². The van der Waals surface area contributed by atoms with E-state index in [1.54, 1.807) is 18.2 Å². The first-order valence-electron chi connectivity index (χ1n) is 5.52. The molecule has 0 saturated carbocycles. The van der Waals surface area contributed by atoms with Crippen LogP contribution in [0.25, 0.3) is 11.0 Å². The SMILES string of the molecule is Cc1nc2ccc(Oc3ncc(Cl)cc3Cl)cc2[n-]1.[CH3-].[Y]. The van der Waals surface area contributed by atoms with Crippen LogP contribution in [0.3, 0.4) is 0 Å². The first-order chi connectivity index (χ1) is 9.11. The molecule has 0 spiro atoms. The summed E-state index contributed by atoms with van der Waals surface area (Å²) < 4.78 is 5.61. The summed E-state index contributed by atoms with van der Waals surface area (Å²) in [5, 5.41) is 0.822. The van der Waals surface area contributed by atoms with Gasteiger partial charge in [0.1, 0.15) is 10.8 Å². The van der Waals surface area contributed by atoms with Crippen molar-refractivity contribution in [3.8, 4) is 11.6 Å². The van der Waals surface area contributed by atoms with Crippen LogP contribution in [0.4, 0.5) is 0 Å². The Morgan fingerprint density at radius 3 is 2.67 bits per heavy atom. The normalized spacial score (nSPS) is 9.86. The molecule has 21 heavy (non-hydrogen) atoms. The minimum Gasteiger partial charge on any atom is -0.440 e. The second-order valence-electron chi connectivity index (χ2n) is 3.96. The number of rotatable bonds is 2. The van der Waals surface area contributed by atoms with Gasteiger partial charge < -0.3 is 22.1 Å². The van der Waals surface area contributed by atoms with Crippen molar-refractivity contribution < 1.29 is 37.4 Å². The minimum atomic E-state index is 0. The van der Waals surface area contributed by atoms with Crippen molar-refractivity contribution in [1.29, 1.82) is 0 Å². The summed E-state index contributed by atoms with van der Waals surface area (Å²) in [6.45, 7) is 1.85. The van der Waals surface area contributed by atoms with Crippen LogP contribution in [0.5, 0.6) is 11.6 Å². The number of aryl methyl sites for hydroxylation is 1. The van der Waals surface area contributed by atoms with Gasteiger partial charge >= 0.3 is 0 Å². The van der Waals surface area contributed by atoms with Gasteiger partial charge in [0.15, 0.2) is 0 Å². The number of nitrogens with zero attached hydrogens (tertiary/aromatic N) is 3. The maximum atomic E-state index is 6.00. The fraction of sp³-hybridized carbons (Fsp3) is 0.0714. The molecule has 107 valence electrons. The molecule has 1 radical (unpaired) electrons. The Morgan fingerprint density at radius 1 is 1.19 bits per heavy atom. The van der Waals surface area contributed by atoms with Crippen LogP contribution in [-0.4, -0.2) is 9.97 Å². The molecule has 0 bridgehead atoms. The minimum absolute atomic E-state index is 0. The number of hydrogen-bond donors (Lipinski definition) is 0. The number of hydrogen-bond acceptors (Lipinski definition) is 3. The third-order valence-corrected chi connectivity index (χ3v) is 2.98. The predicted octanol–water partition coefficient (Wildman–Crippen LogP) is 4.44. The Morgan fingerprint density at radius 2 is 1.95 bits per heavy atom. The predicted molar refractivity (Wildman–Crippen MR) is 80.5 cm³/mol. The van der Waals surface area contributed by atoms with Gasteiger partial charge in [0.05, 0.1) is 5.02 Å². The van der Waals surface area contributed by atoms with Gasteiger partial charge in [0.2, 0.25) is 5.88 Å². The summed E-state index contributed by atoms with van der Waals surface area (Å²) in [6, 6.07) is 7.01. The molecule has 3 aromatic rings. The van der Waals surface area contributed by atoms with Gasteiger partial charge in [0, 0.05) is 38.9 Å². The van der Waals surface area contributed by atoms with Gasteiger partial charge in [0.25, 0.3) is 0 Å². The molecular formula is C14H11Cl2N3OY-2. The second kappa shape index (κ2) is 7.55. The Labute approximate surface area is 158 Å². The smallest absolute Gasteiger partial charge is 0.238 e. The van der Waals surface area contributed by atoms with Crippen molar-refractivity contribution in [1.82, 2.24) is 15.0 Å². The molecule has 0 N–H and O–H groups in total. The van der Waals surface area contributed by atoms with Gasteiger partial charge in [-0.05, 0) is 36.2 Å². The number of halogens is 2. The van der Waals surface area contributed by atoms with E-state index in [2.05, 4.69) is 15.0 Å². The fourth-order valence-corrected chi connectivity index (χ4v) is 2.13. The Bertz CT molecular complexity index is 761. The molecule has 0 aliphatic rings. The average molecular weight is 397 g/mol. The monoisotopic (exact) mass is 396 g/mol. The molecule has 1 aromatic carbocycles. The number of aromatic nitrogens is 3. The molecule has 2 heterocycles. The van der Waals surface area contributed by atoms with Gasteiger partial charge in [-0.2, -0.15) is 0 Å². The maximum absolute atomic E-state index is 6.00. The maximum Gasteiger partial charge on any atom is 0.238 e. The largest absolute Gasteiger partial charge is 0.440 e. The molecule has 3 rings (SSSR count). The van der Waals surface area contributed by atoms with E-state index in [-0.39, 0.29) is 40.1 Å². The number of fused-ring (bicyclic) bond motifs is 1. The van der Waals surface area contributed by atoms with E-state index in [1.807, 2.05) is 13.0 Å². The number of ether oxygens (including phenoxy) is 1. The van der Waals surface area contributed by atoms with Crippen molar-refractivity contribution in [3.63, 3.8) is 0 Å². The third kappa shape index (κ3) is 4.16. The van der Waals surface area contributed by atoms with E-state index < -0.39 is 0 Å². The van der Waals surface area contributed by atoms with Crippen LogP contribution < -0.4 is 9.72 Å². The zero-order valence-corrected chi connectivity index (χ0v) is 15.8. The van der Waals surface area contributed by atoms with Gasteiger partial charge in [-0.1, -0.05) is 35.1 Å². The zero-order chi connectivity index (χ0) is 13.4. The topological polar surface area (TPSA) is 49.1 Å². The molecule has 0 amide bonds. The van der Waals surface area contributed by atoms with Crippen LogP contribution in [-0.2, 0) is 32.7 Å². The number of imidazole rings is 1.